The fourth-order valence-corrected chi connectivity index (χ4v) is 1.34. The van der Waals surface area contributed by atoms with Gasteiger partial charge in [-0.2, -0.15) is 0 Å². The zero-order chi connectivity index (χ0) is 13.4. The Morgan fingerprint density at radius 3 is 2.78 bits per heavy atom. The minimum absolute atomic E-state index is 0.0985. The third-order valence-corrected chi connectivity index (χ3v) is 2.25. The molecule has 0 fully saturated rings. The molecule has 0 bridgehead atoms. The maximum Gasteiger partial charge on any atom is 0.257 e. The Labute approximate surface area is 106 Å². The molecule has 0 saturated carbocycles. The second-order valence-corrected chi connectivity index (χ2v) is 3.67. The largest absolute Gasteiger partial charge is 0.493 e. The highest BCUT2D eigenvalue weighted by Crippen LogP contribution is 2.27. The number of methoxy groups -OCH3 is 1. The predicted octanol–water partition coefficient (Wildman–Crippen LogP) is 1.41. The van der Waals surface area contributed by atoms with Crippen LogP contribution in [0, 0.1) is 0 Å². The van der Waals surface area contributed by atoms with Crippen LogP contribution < -0.4 is 14.8 Å². The van der Waals surface area contributed by atoms with Gasteiger partial charge in [-0.1, -0.05) is 6.92 Å². The smallest absolute Gasteiger partial charge is 0.257 e. The highest BCUT2D eigenvalue weighted by molar-refractivity contribution is 5.78. The van der Waals surface area contributed by atoms with E-state index in [9.17, 15) is 9.59 Å². The number of carbonyl (C=O) groups is 2. The number of nitrogens with one attached hydrogen (secondary N) is 1. The number of aldehydes is 1. The fourth-order valence-electron chi connectivity index (χ4n) is 1.34. The number of hydrogen-bond donors (Lipinski definition) is 1. The summed E-state index contributed by atoms with van der Waals surface area (Å²) in [5.74, 6) is 0.674. The molecule has 0 unspecified atom stereocenters. The first-order valence-electron chi connectivity index (χ1n) is 5.74. The molecule has 0 aliphatic carbocycles. The van der Waals surface area contributed by atoms with Gasteiger partial charge in [-0.25, -0.2) is 0 Å². The second kappa shape index (κ2) is 7.32. The molecule has 18 heavy (non-hydrogen) atoms. The van der Waals surface area contributed by atoms with E-state index in [4.69, 9.17) is 9.47 Å². The summed E-state index contributed by atoms with van der Waals surface area (Å²) in [5.41, 5.74) is 0.472. The van der Waals surface area contributed by atoms with Crippen LogP contribution in [0.2, 0.25) is 0 Å². The van der Waals surface area contributed by atoms with Crippen molar-refractivity contribution >= 4 is 12.2 Å². The van der Waals surface area contributed by atoms with E-state index < -0.39 is 0 Å². The molecule has 0 aliphatic heterocycles. The van der Waals surface area contributed by atoms with Crippen LogP contribution in [0.5, 0.6) is 11.5 Å². The Balaban J connectivity index is 2.64. The Morgan fingerprint density at radius 2 is 2.17 bits per heavy atom. The average Bonchev–Trinajstić information content (AvgIpc) is 2.42. The van der Waals surface area contributed by atoms with Crippen molar-refractivity contribution in [3.05, 3.63) is 23.8 Å². The summed E-state index contributed by atoms with van der Waals surface area (Å²) >= 11 is 0. The zero-order valence-electron chi connectivity index (χ0n) is 10.6. The molecule has 98 valence electrons. The van der Waals surface area contributed by atoms with Crippen LogP contribution in [-0.4, -0.2) is 32.5 Å². The summed E-state index contributed by atoms with van der Waals surface area (Å²) in [6.07, 6.45) is 1.58. The fraction of sp³-hybridized carbons (Fsp3) is 0.385. The van der Waals surface area contributed by atoms with Crippen molar-refractivity contribution in [2.45, 2.75) is 13.3 Å². The van der Waals surface area contributed by atoms with Gasteiger partial charge in [0.25, 0.3) is 5.91 Å². The first-order valence-corrected chi connectivity index (χ1v) is 5.74. The molecule has 1 aromatic rings. The van der Waals surface area contributed by atoms with E-state index in [-0.39, 0.29) is 12.5 Å². The third-order valence-electron chi connectivity index (χ3n) is 2.25. The van der Waals surface area contributed by atoms with Crippen LogP contribution in [0.15, 0.2) is 18.2 Å². The lowest BCUT2D eigenvalue weighted by atomic mass is 10.2. The van der Waals surface area contributed by atoms with Crippen molar-refractivity contribution in [2.75, 3.05) is 20.3 Å². The molecule has 0 radical (unpaired) electrons. The molecule has 1 rings (SSSR count). The van der Waals surface area contributed by atoms with E-state index >= 15 is 0 Å². The van der Waals surface area contributed by atoms with E-state index in [1.807, 2.05) is 6.92 Å². The lowest BCUT2D eigenvalue weighted by Gasteiger charge is -2.10. The van der Waals surface area contributed by atoms with E-state index in [0.717, 1.165) is 6.42 Å². The van der Waals surface area contributed by atoms with Crippen LogP contribution in [-0.2, 0) is 4.79 Å². The number of amides is 1. The first-order chi connectivity index (χ1) is 8.71. The zero-order valence-corrected chi connectivity index (χ0v) is 10.6. The molecule has 5 heteroatoms. The van der Waals surface area contributed by atoms with Crippen molar-refractivity contribution in [1.29, 1.82) is 0 Å². The van der Waals surface area contributed by atoms with Gasteiger partial charge in [-0.05, 0) is 24.6 Å². The molecule has 0 saturated heterocycles. The summed E-state index contributed by atoms with van der Waals surface area (Å²) in [5, 5.41) is 2.69. The standard InChI is InChI=1S/C13H17NO4/c1-3-6-14-13(16)9-18-12-7-10(8-15)4-5-11(12)17-2/h4-5,7-8H,3,6,9H2,1-2H3,(H,14,16). The normalized spacial score (nSPS) is 9.67. The molecule has 1 N–H and O–H groups in total. The summed E-state index contributed by atoms with van der Waals surface area (Å²) in [6, 6.07) is 4.79. The minimum atomic E-state index is -0.199. The second-order valence-electron chi connectivity index (χ2n) is 3.67. The highest BCUT2D eigenvalue weighted by Gasteiger charge is 2.08. The van der Waals surface area contributed by atoms with Gasteiger partial charge in [0.15, 0.2) is 18.1 Å². The van der Waals surface area contributed by atoms with Crippen LogP contribution in [0.25, 0.3) is 0 Å². The molecule has 0 atom stereocenters. The molecule has 0 heterocycles. The lowest BCUT2D eigenvalue weighted by molar-refractivity contribution is -0.123. The summed E-state index contributed by atoms with van der Waals surface area (Å²) < 4.78 is 10.4. The number of hydrogen-bond acceptors (Lipinski definition) is 4. The Kier molecular flexibility index (Phi) is 5.70. The van der Waals surface area contributed by atoms with Crippen molar-refractivity contribution in [1.82, 2.24) is 5.32 Å². The number of ether oxygens (including phenoxy) is 2. The van der Waals surface area contributed by atoms with Crippen LogP contribution in [0.4, 0.5) is 0 Å². The Morgan fingerprint density at radius 1 is 1.39 bits per heavy atom. The maximum atomic E-state index is 11.4. The van der Waals surface area contributed by atoms with Crippen molar-refractivity contribution in [3.8, 4) is 11.5 Å². The Bertz CT molecular complexity index is 417. The molecule has 0 aliphatic rings. The van der Waals surface area contributed by atoms with Gasteiger partial charge in [0.1, 0.15) is 6.29 Å². The maximum absolute atomic E-state index is 11.4. The molecular formula is C13H17NO4. The monoisotopic (exact) mass is 251 g/mol. The third kappa shape index (κ3) is 4.08. The summed E-state index contributed by atoms with van der Waals surface area (Å²) in [4.78, 5) is 22.0. The molecular weight excluding hydrogens is 234 g/mol. The molecule has 0 aromatic heterocycles. The van der Waals surface area contributed by atoms with E-state index in [1.165, 1.54) is 7.11 Å². The molecule has 0 spiro atoms. The summed E-state index contributed by atoms with van der Waals surface area (Å²) in [7, 11) is 1.50. The topological polar surface area (TPSA) is 64.6 Å². The van der Waals surface area contributed by atoms with Crippen LogP contribution in [0.3, 0.4) is 0 Å². The highest BCUT2D eigenvalue weighted by atomic mass is 16.5. The lowest BCUT2D eigenvalue weighted by Crippen LogP contribution is -2.29. The Hall–Kier alpha value is -2.04. The quantitative estimate of drug-likeness (QED) is 0.744. The van der Waals surface area contributed by atoms with Gasteiger partial charge in [0, 0.05) is 12.1 Å². The van der Waals surface area contributed by atoms with E-state index in [1.54, 1.807) is 18.2 Å². The van der Waals surface area contributed by atoms with Crippen molar-refractivity contribution in [3.63, 3.8) is 0 Å². The molecule has 1 amide bonds. The van der Waals surface area contributed by atoms with Crippen LogP contribution in [0.1, 0.15) is 23.7 Å². The number of benzene rings is 1. The number of carbonyl (C=O) groups excluding carboxylic acids is 2. The predicted molar refractivity (Wildman–Crippen MR) is 67.2 cm³/mol. The van der Waals surface area contributed by atoms with E-state index in [2.05, 4.69) is 5.32 Å². The average molecular weight is 251 g/mol. The van der Waals surface area contributed by atoms with Crippen LogP contribution >= 0.6 is 0 Å². The van der Waals surface area contributed by atoms with E-state index in [0.29, 0.717) is 29.9 Å². The number of rotatable bonds is 7. The molecule has 1 aromatic carbocycles. The minimum Gasteiger partial charge on any atom is -0.493 e. The van der Waals surface area contributed by atoms with Gasteiger partial charge in [0.05, 0.1) is 7.11 Å². The summed E-state index contributed by atoms with van der Waals surface area (Å²) in [6.45, 7) is 2.49. The molecule has 5 nitrogen and oxygen atoms in total. The van der Waals surface area contributed by atoms with Gasteiger partial charge >= 0.3 is 0 Å². The van der Waals surface area contributed by atoms with Crippen molar-refractivity contribution in [2.24, 2.45) is 0 Å². The first kappa shape index (κ1) is 14.0. The van der Waals surface area contributed by atoms with Gasteiger partial charge in [-0.3, -0.25) is 9.59 Å². The van der Waals surface area contributed by atoms with Gasteiger partial charge in [0.2, 0.25) is 0 Å². The van der Waals surface area contributed by atoms with Crippen molar-refractivity contribution < 1.29 is 19.1 Å². The van der Waals surface area contributed by atoms with Gasteiger partial charge < -0.3 is 14.8 Å². The SMILES string of the molecule is CCCNC(=O)COc1cc(C=O)ccc1OC. The van der Waals surface area contributed by atoms with Gasteiger partial charge in [-0.15, -0.1) is 0 Å².